The second-order valence-electron chi connectivity index (χ2n) is 5.53. The molecule has 0 unspecified atom stereocenters. The summed E-state index contributed by atoms with van der Waals surface area (Å²) in [5, 5.41) is 10.3. The Morgan fingerprint density at radius 3 is 2.50 bits per heavy atom. The average Bonchev–Trinajstić information content (AvgIpc) is 3.10. The number of aryl methyl sites for hydroxylation is 2. The number of carbonyl (C=O) groups excluding carboxylic acids is 1. The highest BCUT2D eigenvalue weighted by Gasteiger charge is 2.19. The molecule has 0 spiro atoms. The number of hydrogen-bond donors (Lipinski definition) is 1. The predicted molar refractivity (Wildman–Crippen MR) is 98.0 cm³/mol. The maximum Gasteiger partial charge on any atom is 0.339 e. The van der Waals surface area contributed by atoms with E-state index in [0.717, 1.165) is 5.56 Å². The second-order valence-corrected chi connectivity index (χ2v) is 7.88. The number of nitrogens with one attached hydrogen (secondary N) is 1. The summed E-state index contributed by atoms with van der Waals surface area (Å²) in [7, 11) is -3.96. The van der Waals surface area contributed by atoms with Crippen molar-refractivity contribution in [1.29, 1.82) is 0 Å². The summed E-state index contributed by atoms with van der Waals surface area (Å²) in [4.78, 5) is 12.2. The third-order valence-electron chi connectivity index (χ3n) is 3.52. The molecule has 0 bridgehead atoms. The smallest absolute Gasteiger partial charge is 0.339 e. The van der Waals surface area contributed by atoms with Gasteiger partial charge in [-0.2, -0.15) is 8.42 Å². The minimum atomic E-state index is -3.96. The maximum atomic E-state index is 12.5. The van der Waals surface area contributed by atoms with Crippen LogP contribution in [0.2, 0.25) is 0 Å². The first kappa shape index (κ1) is 18.0. The summed E-state index contributed by atoms with van der Waals surface area (Å²) in [6.45, 7) is 3.51. The monoisotopic (exact) mass is 389 g/mol. The van der Waals surface area contributed by atoms with Gasteiger partial charge in [0.2, 0.25) is 5.13 Å². The first-order chi connectivity index (χ1) is 12.3. The van der Waals surface area contributed by atoms with Crippen molar-refractivity contribution in [2.45, 2.75) is 18.7 Å². The van der Waals surface area contributed by atoms with Gasteiger partial charge in [0.25, 0.3) is 5.91 Å². The van der Waals surface area contributed by atoms with Gasteiger partial charge in [-0.1, -0.05) is 23.5 Å². The lowest BCUT2D eigenvalue weighted by Crippen LogP contribution is -2.13. The highest BCUT2D eigenvalue weighted by atomic mass is 32.2. The van der Waals surface area contributed by atoms with Crippen LogP contribution in [-0.4, -0.2) is 24.5 Å². The van der Waals surface area contributed by atoms with Crippen molar-refractivity contribution in [3.63, 3.8) is 0 Å². The van der Waals surface area contributed by atoms with Crippen LogP contribution in [0.4, 0.5) is 5.13 Å². The van der Waals surface area contributed by atoms with Crippen LogP contribution in [-0.2, 0) is 10.1 Å². The van der Waals surface area contributed by atoms with Crippen LogP contribution < -0.4 is 9.50 Å². The largest absolute Gasteiger partial charge is 0.379 e. The van der Waals surface area contributed by atoms with Gasteiger partial charge in [-0.15, -0.1) is 10.2 Å². The van der Waals surface area contributed by atoms with Crippen LogP contribution in [0.1, 0.15) is 21.5 Å². The Morgan fingerprint density at radius 1 is 1.12 bits per heavy atom. The third-order valence-corrected chi connectivity index (χ3v) is 5.51. The van der Waals surface area contributed by atoms with Gasteiger partial charge in [0.05, 0.1) is 0 Å². The number of hydrogen-bond acceptors (Lipinski definition) is 7. The lowest BCUT2D eigenvalue weighted by atomic mass is 10.2. The molecule has 7 nitrogen and oxygen atoms in total. The van der Waals surface area contributed by atoms with Crippen molar-refractivity contribution < 1.29 is 17.4 Å². The molecule has 0 atom stereocenters. The summed E-state index contributed by atoms with van der Waals surface area (Å²) in [5.41, 5.74) is 3.27. The van der Waals surface area contributed by atoms with Crippen LogP contribution in [0.25, 0.3) is 0 Å². The quantitative estimate of drug-likeness (QED) is 0.673. The standard InChI is InChI=1S/C17H15N3O4S2/c1-11-3-4-12(2)15(9-11)26(22,23)24-14-7-5-13(6-8-14)16(21)19-17-20-18-10-25-17/h3-10H,1-2H3,(H,19,20,21). The molecule has 1 N–H and O–H groups in total. The lowest BCUT2D eigenvalue weighted by molar-refractivity contribution is 0.102. The zero-order valence-corrected chi connectivity index (χ0v) is 15.6. The van der Waals surface area contributed by atoms with Crippen LogP contribution in [0.15, 0.2) is 52.9 Å². The van der Waals surface area contributed by atoms with Crippen molar-refractivity contribution in [2.75, 3.05) is 5.32 Å². The van der Waals surface area contributed by atoms with Gasteiger partial charge >= 0.3 is 10.1 Å². The van der Waals surface area contributed by atoms with Crippen LogP contribution in [0, 0.1) is 13.8 Å². The zero-order chi connectivity index (χ0) is 18.7. The molecule has 0 saturated heterocycles. The summed E-state index contributed by atoms with van der Waals surface area (Å²) in [6.07, 6.45) is 0. The van der Waals surface area contributed by atoms with E-state index < -0.39 is 10.1 Å². The van der Waals surface area contributed by atoms with E-state index in [-0.39, 0.29) is 16.6 Å². The van der Waals surface area contributed by atoms with E-state index in [0.29, 0.717) is 16.3 Å². The minimum Gasteiger partial charge on any atom is -0.379 e. The summed E-state index contributed by atoms with van der Waals surface area (Å²) < 4.78 is 30.2. The molecule has 1 amide bonds. The molecular weight excluding hydrogens is 374 g/mol. The lowest BCUT2D eigenvalue weighted by Gasteiger charge is -2.10. The SMILES string of the molecule is Cc1ccc(C)c(S(=O)(=O)Oc2ccc(C(=O)Nc3nncs3)cc2)c1. The first-order valence-electron chi connectivity index (χ1n) is 7.54. The van der Waals surface area contributed by atoms with Gasteiger partial charge in [0.15, 0.2) is 0 Å². The molecule has 3 aromatic rings. The van der Waals surface area contributed by atoms with Gasteiger partial charge in [-0.3, -0.25) is 10.1 Å². The predicted octanol–water partition coefficient (Wildman–Crippen LogP) is 3.17. The molecule has 0 aliphatic heterocycles. The van der Waals surface area contributed by atoms with E-state index in [1.807, 2.05) is 13.0 Å². The fraction of sp³-hybridized carbons (Fsp3) is 0.118. The Hall–Kier alpha value is -2.78. The van der Waals surface area contributed by atoms with E-state index in [2.05, 4.69) is 15.5 Å². The Morgan fingerprint density at radius 2 is 1.85 bits per heavy atom. The molecule has 9 heteroatoms. The number of aromatic nitrogens is 2. The molecule has 3 rings (SSSR count). The van der Waals surface area contributed by atoms with E-state index in [4.69, 9.17) is 4.18 Å². The van der Waals surface area contributed by atoms with Crippen LogP contribution >= 0.6 is 11.3 Å². The summed E-state index contributed by atoms with van der Waals surface area (Å²) >= 11 is 1.20. The van der Waals surface area contributed by atoms with Gasteiger partial charge in [0, 0.05) is 5.56 Å². The minimum absolute atomic E-state index is 0.121. The molecule has 0 saturated carbocycles. The molecule has 1 heterocycles. The Labute approximate surface area is 154 Å². The summed E-state index contributed by atoms with van der Waals surface area (Å²) in [5.74, 6) is -0.246. The summed E-state index contributed by atoms with van der Waals surface area (Å²) in [6, 6.07) is 10.9. The highest BCUT2D eigenvalue weighted by molar-refractivity contribution is 7.87. The van der Waals surface area contributed by atoms with Crippen molar-refractivity contribution in [3.8, 4) is 5.75 Å². The Balaban J connectivity index is 1.76. The number of rotatable bonds is 5. The molecular formula is C17H15N3O4S2. The van der Waals surface area contributed by atoms with Crippen molar-refractivity contribution >= 4 is 32.5 Å². The average molecular weight is 389 g/mol. The third kappa shape index (κ3) is 4.06. The Kier molecular flexibility index (Phi) is 5.01. The number of carbonyl (C=O) groups is 1. The van der Waals surface area contributed by atoms with E-state index >= 15 is 0 Å². The van der Waals surface area contributed by atoms with Crippen molar-refractivity contribution in [1.82, 2.24) is 10.2 Å². The van der Waals surface area contributed by atoms with E-state index in [9.17, 15) is 13.2 Å². The number of nitrogens with zero attached hydrogens (tertiary/aromatic N) is 2. The number of anilines is 1. The maximum absolute atomic E-state index is 12.5. The van der Waals surface area contributed by atoms with E-state index in [1.54, 1.807) is 19.1 Å². The van der Waals surface area contributed by atoms with Crippen molar-refractivity contribution in [2.24, 2.45) is 0 Å². The fourth-order valence-electron chi connectivity index (χ4n) is 2.21. The molecule has 26 heavy (non-hydrogen) atoms. The van der Waals surface area contributed by atoms with Gasteiger partial charge < -0.3 is 4.18 Å². The van der Waals surface area contributed by atoms with Crippen LogP contribution in [0.5, 0.6) is 5.75 Å². The zero-order valence-electron chi connectivity index (χ0n) is 14.0. The normalized spacial score (nSPS) is 11.2. The number of amides is 1. The highest BCUT2D eigenvalue weighted by Crippen LogP contribution is 2.23. The second kappa shape index (κ2) is 7.22. The first-order valence-corrected chi connectivity index (χ1v) is 9.83. The van der Waals surface area contributed by atoms with E-state index in [1.165, 1.54) is 41.1 Å². The topological polar surface area (TPSA) is 98.2 Å². The molecule has 134 valence electrons. The molecule has 0 radical (unpaired) electrons. The van der Waals surface area contributed by atoms with Crippen molar-refractivity contribution in [3.05, 3.63) is 64.7 Å². The van der Waals surface area contributed by atoms with Crippen LogP contribution in [0.3, 0.4) is 0 Å². The fourth-order valence-corrected chi connectivity index (χ4v) is 3.89. The Bertz CT molecular complexity index is 1030. The van der Waals surface area contributed by atoms with Gasteiger partial charge in [-0.05, 0) is 55.3 Å². The molecule has 0 aliphatic carbocycles. The van der Waals surface area contributed by atoms with Gasteiger partial charge in [-0.25, -0.2) is 0 Å². The molecule has 2 aromatic carbocycles. The molecule has 0 aliphatic rings. The molecule has 0 fully saturated rings. The molecule has 1 aromatic heterocycles. The number of benzene rings is 2. The van der Waals surface area contributed by atoms with Gasteiger partial charge in [0.1, 0.15) is 16.2 Å².